The van der Waals surface area contributed by atoms with Crippen molar-refractivity contribution in [1.29, 1.82) is 0 Å². The van der Waals surface area contributed by atoms with Gasteiger partial charge in [0, 0.05) is 6.42 Å². The molecule has 1 unspecified atom stereocenters. The Morgan fingerprint density at radius 3 is 2.20 bits per heavy atom. The molecule has 1 amide bonds. The van der Waals surface area contributed by atoms with Gasteiger partial charge in [-0.25, -0.2) is 8.42 Å². The summed E-state index contributed by atoms with van der Waals surface area (Å²) in [5.74, 6) is -3.64. The number of hydrogen-bond donors (Lipinski definition) is 2. The standard InChI is InChI=1S/C35H42N2O6S/c1-27(2)25-35(34(39)37-36-30-20-10-5-11-21-30,44(40,41)26-29-17-8-4-9-18-29)31(22-14-19-28-15-6-3-7-16-28)33(38)43-32-23-12-13-24-42-32/h3-11,14-21,27,31-32,36H,12-13,22-26H2,1-2H3,(H,37,39)/t31-,32?,35+/m0/s1. The Morgan fingerprint density at radius 1 is 0.955 bits per heavy atom. The van der Waals surface area contributed by atoms with Crippen LogP contribution in [0.15, 0.2) is 97.1 Å². The molecule has 1 aliphatic heterocycles. The molecule has 3 atom stereocenters. The number of hydrogen-bond acceptors (Lipinski definition) is 7. The van der Waals surface area contributed by atoms with Gasteiger partial charge < -0.3 is 9.47 Å². The van der Waals surface area contributed by atoms with E-state index < -0.39 is 44.4 Å². The highest BCUT2D eigenvalue weighted by Gasteiger charge is 2.59. The van der Waals surface area contributed by atoms with Crippen LogP contribution in [0.25, 0.3) is 6.08 Å². The van der Waals surface area contributed by atoms with E-state index in [1.807, 2.05) is 56.3 Å². The van der Waals surface area contributed by atoms with Crippen LogP contribution < -0.4 is 10.9 Å². The Kier molecular flexibility index (Phi) is 11.7. The zero-order valence-corrected chi connectivity index (χ0v) is 26.2. The molecule has 234 valence electrons. The Bertz CT molecular complexity index is 1470. The number of esters is 1. The number of para-hydroxylation sites is 1. The van der Waals surface area contributed by atoms with Crippen LogP contribution in [-0.4, -0.2) is 37.9 Å². The third kappa shape index (κ3) is 8.57. The minimum Gasteiger partial charge on any atom is -0.435 e. The van der Waals surface area contributed by atoms with Crippen LogP contribution in [0.5, 0.6) is 0 Å². The number of ether oxygens (including phenoxy) is 2. The lowest BCUT2D eigenvalue weighted by Gasteiger charge is -2.39. The number of sulfone groups is 1. The largest absolute Gasteiger partial charge is 0.435 e. The molecule has 3 aromatic carbocycles. The highest BCUT2D eigenvalue weighted by atomic mass is 32.2. The smallest absolute Gasteiger partial charge is 0.313 e. The first-order chi connectivity index (χ1) is 21.2. The maximum Gasteiger partial charge on any atom is 0.313 e. The lowest BCUT2D eigenvalue weighted by Crippen LogP contribution is -2.61. The molecule has 0 radical (unpaired) electrons. The Balaban J connectivity index is 1.81. The number of amides is 1. The molecule has 44 heavy (non-hydrogen) atoms. The minimum absolute atomic E-state index is 0.0417. The third-order valence-corrected chi connectivity index (χ3v) is 10.1. The summed E-state index contributed by atoms with van der Waals surface area (Å²) in [5, 5.41) is 0. The highest BCUT2D eigenvalue weighted by Crippen LogP contribution is 2.40. The van der Waals surface area contributed by atoms with Gasteiger partial charge in [-0.3, -0.25) is 20.4 Å². The number of carbonyl (C=O) groups excluding carboxylic acids is 2. The predicted molar refractivity (Wildman–Crippen MR) is 173 cm³/mol. The van der Waals surface area contributed by atoms with Crippen molar-refractivity contribution in [1.82, 2.24) is 5.43 Å². The van der Waals surface area contributed by atoms with Crippen molar-refractivity contribution in [2.45, 2.75) is 62.7 Å². The molecule has 4 rings (SSSR count). The van der Waals surface area contributed by atoms with Crippen LogP contribution >= 0.6 is 0 Å². The van der Waals surface area contributed by atoms with E-state index >= 15 is 0 Å². The van der Waals surface area contributed by atoms with E-state index in [1.165, 1.54) is 0 Å². The number of benzene rings is 3. The van der Waals surface area contributed by atoms with E-state index in [1.54, 1.807) is 60.7 Å². The Hall–Kier alpha value is -3.95. The summed E-state index contributed by atoms with van der Waals surface area (Å²) in [6, 6.07) is 27.1. The van der Waals surface area contributed by atoms with Gasteiger partial charge >= 0.3 is 5.97 Å². The Morgan fingerprint density at radius 2 is 1.59 bits per heavy atom. The van der Waals surface area contributed by atoms with Crippen molar-refractivity contribution in [3.05, 3.63) is 108 Å². The van der Waals surface area contributed by atoms with Gasteiger partial charge in [0.05, 0.1) is 24.0 Å². The maximum absolute atomic E-state index is 14.7. The van der Waals surface area contributed by atoms with E-state index in [0.717, 1.165) is 18.4 Å². The van der Waals surface area contributed by atoms with Crippen molar-refractivity contribution < 1.29 is 27.5 Å². The van der Waals surface area contributed by atoms with Crippen LogP contribution in [0.3, 0.4) is 0 Å². The maximum atomic E-state index is 14.7. The molecule has 8 nitrogen and oxygen atoms in total. The average molecular weight is 619 g/mol. The van der Waals surface area contributed by atoms with Gasteiger partial charge in [0.25, 0.3) is 5.91 Å². The van der Waals surface area contributed by atoms with Gasteiger partial charge in [0.1, 0.15) is 0 Å². The quantitative estimate of drug-likeness (QED) is 0.161. The van der Waals surface area contributed by atoms with E-state index in [9.17, 15) is 18.0 Å². The summed E-state index contributed by atoms with van der Waals surface area (Å²) in [4.78, 5) is 28.6. The van der Waals surface area contributed by atoms with Gasteiger partial charge in [0.2, 0.25) is 6.29 Å². The minimum atomic E-state index is -4.34. The molecule has 9 heteroatoms. The van der Waals surface area contributed by atoms with E-state index in [-0.39, 0.29) is 18.8 Å². The first kappa shape index (κ1) is 33.0. The second kappa shape index (κ2) is 15.7. The molecule has 0 bridgehead atoms. The molecule has 1 aliphatic rings. The molecular weight excluding hydrogens is 576 g/mol. The number of nitrogens with one attached hydrogen (secondary N) is 2. The normalized spacial score (nSPS) is 17.5. The van der Waals surface area contributed by atoms with Crippen molar-refractivity contribution >= 4 is 33.5 Å². The van der Waals surface area contributed by atoms with E-state index in [2.05, 4.69) is 10.9 Å². The molecule has 1 saturated heterocycles. The second-order valence-corrected chi connectivity index (χ2v) is 13.8. The molecule has 1 heterocycles. The number of carbonyl (C=O) groups is 2. The molecule has 0 saturated carbocycles. The van der Waals surface area contributed by atoms with Crippen LogP contribution in [0, 0.1) is 11.8 Å². The summed E-state index contributed by atoms with van der Waals surface area (Å²) in [6.07, 6.45) is 4.81. The summed E-state index contributed by atoms with van der Waals surface area (Å²) >= 11 is 0. The number of hydrazine groups is 1. The molecule has 0 spiro atoms. The van der Waals surface area contributed by atoms with Crippen molar-refractivity contribution in [3.63, 3.8) is 0 Å². The Labute approximate surface area is 260 Å². The van der Waals surface area contributed by atoms with Crippen molar-refractivity contribution in [2.24, 2.45) is 11.8 Å². The fraction of sp³-hybridized carbons (Fsp3) is 0.371. The number of allylic oxidation sites excluding steroid dienone is 1. The lowest BCUT2D eigenvalue weighted by molar-refractivity contribution is -0.192. The summed E-state index contributed by atoms with van der Waals surface area (Å²) in [5.41, 5.74) is 7.48. The van der Waals surface area contributed by atoms with Crippen LogP contribution in [-0.2, 0) is 34.7 Å². The topological polar surface area (TPSA) is 111 Å². The lowest BCUT2D eigenvalue weighted by atomic mass is 9.81. The van der Waals surface area contributed by atoms with Gasteiger partial charge in [-0.1, -0.05) is 105 Å². The summed E-state index contributed by atoms with van der Waals surface area (Å²) < 4.78 is 38.8. The van der Waals surface area contributed by atoms with Crippen LogP contribution in [0.2, 0.25) is 0 Å². The highest BCUT2D eigenvalue weighted by molar-refractivity contribution is 7.92. The summed E-state index contributed by atoms with van der Waals surface area (Å²) in [6.45, 7) is 4.13. The predicted octanol–water partition coefficient (Wildman–Crippen LogP) is 6.32. The SMILES string of the molecule is CC(C)C[C@](C(=O)NNc1ccccc1)([C@@H](CC=Cc1ccccc1)C(=O)OC1CCCCO1)S(=O)(=O)Cc1ccccc1. The van der Waals surface area contributed by atoms with Crippen LogP contribution in [0.1, 0.15) is 57.1 Å². The second-order valence-electron chi connectivity index (χ2n) is 11.5. The molecule has 0 aliphatic carbocycles. The van der Waals surface area contributed by atoms with Gasteiger partial charge in [-0.2, -0.15) is 0 Å². The van der Waals surface area contributed by atoms with Gasteiger partial charge in [-0.15, -0.1) is 0 Å². The summed E-state index contributed by atoms with van der Waals surface area (Å²) in [7, 11) is -4.34. The van der Waals surface area contributed by atoms with Gasteiger partial charge in [0.15, 0.2) is 14.6 Å². The molecular formula is C35H42N2O6S. The van der Waals surface area contributed by atoms with Crippen molar-refractivity contribution in [2.75, 3.05) is 12.0 Å². The number of anilines is 1. The van der Waals surface area contributed by atoms with Gasteiger partial charge in [-0.05, 0) is 54.9 Å². The fourth-order valence-corrected chi connectivity index (χ4v) is 8.00. The monoisotopic (exact) mass is 618 g/mol. The van der Waals surface area contributed by atoms with Crippen molar-refractivity contribution in [3.8, 4) is 0 Å². The third-order valence-electron chi connectivity index (χ3n) is 7.66. The zero-order chi connectivity index (χ0) is 31.4. The molecule has 1 fully saturated rings. The molecule has 3 aromatic rings. The molecule has 0 aromatic heterocycles. The first-order valence-corrected chi connectivity index (χ1v) is 16.8. The first-order valence-electron chi connectivity index (χ1n) is 15.1. The van der Waals surface area contributed by atoms with E-state index in [0.29, 0.717) is 24.3 Å². The number of rotatable bonds is 14. The fourth-order valence-electron chi connectivity index (χ4n) is 5.56. The van der Waals surface area contributed by atoms with E-state index in [4.69, 9.17) is 9.47 Å². The molecule has 2 N–H and O–H groups in total. The van der Waals surface area contributed by atoms with Crippen LogP contribution in [0.4, 0.5) is 5.69 Å². The zero-order valence-electron chi connectivity index (χ0n) is 25.4. The average Bonchev–Trinajstić information content (AvgIpc) is 3.02.